The van der Waals surface area contributed by atoms with Crippen molar-refractivity contribution in [3.8, 4) is 0 Å². The molecule has 3 rings (SSSR count). The largest absolute Gasteiger partial charge is 0.388 e. The molecule has 3 aliphatic rings. The van der Waals surface area contributed by atoms with Crippen LogP contribution in [0.15, 0.2) is 23.5 Å². The lowest BCUT2D eigenvalue weighted by Gasteiger charge is -2.35. The van der Waals surface area contributed by atoms with Crippen molar-refractivity contribution in [2.45, 2.75) is 58.4 Å². The van der Waals surface area contributed by atoms with E-state index in [1.165, 1.54) is 31.3 Å². The highest BCUT2D eigenvalue weighted by Gasteiger charge is 2.32. The van der Waals surface area contributed by atoms with Crippen LogP contribution in [0.3, 0.4) is 0 Å². The smallest absolute Gasteiger partial charge is 0.280 e. The average Bonchev–Trinajstić information content (AvgIpc) is 3.16. The Bertz CT molecular complexity index is 710. The van der Waals surface area contributed by atoms with E-state index in [0.717, 1.165) is 63.0 Å². The summed E-state index contributed by atoms with van der Waals surface area (Å²) in [4.78, 5) is 16.9. The van der Waals surface area contributed by atoms with Crippen molar-refractivity contribution >= 4 is 27.9 Å². The van der Waals surface area contributed by atoms with Crippen LogP contribution in [0.5, 0.6) is 0 Å². The van der Waals surface area contributed by atoms with E-state index >= 15 is 0 Å². The zero-order valence-corrected chi connectivity index (χ0v) is 19.1. The van der Waals surface area contributed by atoms with E-state index in [1.54, 1.807) is 0 Å². The van der Waals surface area contributed by atoms with E-state index in [-0.39, 0.29) is 5.04 Å². The summed E-state index contributed by atoms with van der Waals surface area (Å²) in [5.41, 5.74) is 2.23. The van der Waals surface area contributed by atoms with Crippen LogP contribution < -0.4 is 10.6 Å². The van der Waals surface area contributed by atoms with Crippen molar-refractivity contribution in [1.82, 2.24) is 20.4 Å². The quantitative estimate of drug-likeness (QED) is 0.395. The standard InChI is InChI=1S/C22H36N6OS/c1-3-7-17(14-16-15-25-19-9-6-5-8-18(16)19)26-21(29)20(23)30-22(24)28-12-10-27(4-2)11-13-28/h7,15,18-19,23-25H,3-6,8-14H2,1-2H3,(H,26,29)/b17-7+,23-20?,24-22?. The van der Waals surface area contributed by atoms with Gasteiger partial charge in [0.25, 0.3) is 5.91 Å². The monoisotopic (exact) mass is 432 g/mol. The number of carbonyl (C=O) groups is 1. The Balaban J connectivity index is 1.50. The van der Waals surface area contributed by atoms with Crippen LogP contribution in [0.1, 0.15) is 52.4 Å². The number of likely N-dealkylation sites (N-methyl/N-ethyl adjacent to an activating group) is 1. The number of hydrogen-bond donors (Lipinski definition) is 4. The first-order chi connectivity index (χ1) is 14.5. The number of fused-ring (bicyclic) bond motifs is 1. The fraction of sp³-hybridized carbons (Fsp3) is 0.682. The summed E-state index contributed by atoms with van der Waals surface area (Å²) >= 11 is 0.952. The van der Waals surface area contributed by atoms with E-state index in [1.807, 2.05) is 11.0 Å². The number of allylic oxidation sites excluding steroid dienone is 2. The second-order valence-electron chi connectivity index (χ2n) is 8.31. The minimum absolute atomic E-state index is 0.117. The molecule has 0 aromatic heterocycles. The Hall–Kier alpha value is -1.80. The molecule has 2 fully saturated rings. The first kappa shape index (κ1) is 22.9. The summed E-state index contributed by atoms with van der Waals surface area (Å²) in [7, 11) is 0. The van der Waals surface area contributed by atoms with Crippen molar-refractivity contribution < 1.29 is 4.79 Å². The van der Waals surface area contributed by atoms with Gasteiger partial charge >= 0.3 is 0 Å². The first-order valence-electron chi connectivity index (χ1n) is 11.3. The molecule has 0 bridgehead atoms. The van der Waals surface area contributed by atoms with Gasteiger partial charge in [-0.3, -0.25) is 15.6 Å². The predicted octanol–water partition coefficient (Wildman–Crippen LogP) is 3.12. The van der Waals surface area contributed by atoms with Gasteiger partial charge in [0.05, 0.1) is 0 Å². The molecule has 166 valence electrons. The number of hydrogen-bond acceptors (Lipinski definition) is 6. The molecule has 0 aromatic rings. The predicted molar refractivity (Wildman–Crippen MR) is 125 cm³/mol. The SMILES string of the molecule is CC/C=C(\CC1=CNC2CCCCC12)NC(=O)C(=N)SC(=N)N1CCN(CC)CC1. The Labute approximate surface area is 184 Å². The van der Waals surface area contributed by atoms with Gasteiger partial charge in [-0.05, 0) is 49.3 Å². The zero-order chi connectivity index (χ0) is 21.5. The summed E-state index contributed by atoms with van der Waals surface area (Å²) < 4.78 is 0. The lowest BCUT2D eigenvalue weighted by atomic mass is 9.81. The molecule has 1 aliphatic carbocycles. The number of nitrogens with one attached hydrogen (secondary N) is 4. The van der Waals surface area contributed by atoms with Gasteiger partial charge < -0.3 is 20.4 Å². The minimum Gasteiger partial charge on any atom is -0.388 e. The topological polar surface area (TPSA) is 95.3 Å². The average molecular weight is 433 g/mol. The Kier molecular flexibility index (Phi) is 8.39. The molecule has 2 aliphatic heterocycles. The van der Waals surface area contributed by atoms with Gasteiger partial charge in [-0.15, -0.1) is 0 Å². The molecular formula is C22H36N6OS. The summed E-state index contributed by atoms with van der Waals surface area (Å²) in [6, 6.07) is 0.551. The molecule has 1 amide bonds. The molecule has 2 atom stereocenters. The second-order valence-corrected chi connectivity index (χ2v) is 9.31. The molecule has 0 aromatic carbocycles. The molecule has 0 spiro atoms. The molecule has 2 unspecified atom stereocenters. The molecule has 0 radical (unpaired) electrons. The third-order valence-electron chi connectivity index (χ3n) is 6.36. The maximum absolute atomic E-state index is 12.6. The van der Waals surface area contributed by atoms with Crippen molar-refractivity contribution in [3.05, 3.63) is 23.5 Å². The van der Waals surface area contributed by atoms with Crippen LogP contribution in [-0.4, -0.2) is 64.7 Å². The molecule has 1 saturated heterocycles. The molecule has 2 heterocycles. The van der Waals surface area contributed by atoms with Crippen molar-refractivity contribution in [2.24, 2.45) is 5.92 Å². The second kappa shape index (κ2) is 11.0. The van der Waals surface area contributed by atoms with Crippen LogP contribution in [0, 0.1) is 16.7 Å². The number of nitrogens with zero attached hydrogens (tertiary/aromatic N) is 2. The van der Waals surface area contributed by atoms with Gasteiger partial charge in [0, 0.05) is 50.3 Å². The number of piperazine rings is 1. The highest BCUT2D eigenvalue weighted by molar-refractivity contribution is 8.27. The van der Waals surface area contributed by atoms with Gasteiger partial charge in [0.1, 0.15) is 0 Å². The van der Waals surface area contributed by atoms with Gasteiger partial charge in [0.15, 0.2) is 10.2 Å². The maximum atomic E-state index is 12.6. The number of amides is 1. The Morgan fingerprint density at radius 3 is 2.67 bits per heavy atom. The third kappa shape index (κ3) is 5.88. The van der Waals surface area contributed by atoms with E-state index in [0.29, 0.717) is 17.1 Å². The third-order valence-corrected chi connectivity index (χ3v) is 7.20. The Morgan fingerprint density at radius 2 is 1.97 bits per heavy atom. The fourth-order valence-electron chi connectivity index (χ4n) is 4.59. The highest BCUT2D eigenvalue weighted by Crippen LogP contribution is 2.36. The molecule has 7 nitrogen and oxygen atoms in total. The summed E-state index contributed by atoms with van der Waals surface area (Å²) in [5, 5.41) is 23.1. The van der Waals surface area contributed by atoms with E-state index < -0.39 is 5.91 Å². The van der Waals surface area contributed by atoms with E-state index in [2.05, 4.69) is 35.6 Å². The lowest BCUT2D eigenvalue weighted by Crippen LogP contribution is -2.48. The molecule has 1 saturated carbocycles. The maximum Gasteiger partial charge on any atom is 0.280 e. The van der Waals surface area contributed by atoms with E-state index in [4.69, 9.17) is 10.8 Å². The van der Waals surface area contributed by atoms with Crippen LogP contribution >= 0.6 is 11.8 Å². The van der Waals surface area contributed by atoms with Gasteiger partial charge in [0.2, 0.25) is 0 Å². The van der Waals surface area contributed by atoms with E-state index in [9.17, 15) is 4.79 Å². The summed E-state index contributed by atoms with van der Waals surface area (Å²) in [5.74, 6) is 0.156. The van der Waals surface area contributed by atoms with Crippen LogP contribution in [0.2, 0.25) is 0 Å². The first-order valence-corrected chi connectivity index (χ1v) is 12.1. The lowest BCUT2D eigenvalue weighted by molar-refractivity contribution is -0.114. The number of rotatable bonds is 5. The molecule has 4 N–H and O–H groups in total. The number of thioether (sulfide) groups is 1. The van der Waals surface area contributed by atoms with Gasteiger partial charge in [-0.25, -0.2) is 0 Å². The normalized spacial score (nSPS) is 24.7. The van der Waals surface area contributed by atoms with Gasteiger partial charge in [-0.1, -0.05) is 32.8 Å². The van der Waals surface area contributed by atoms with Crippen molar-refractivity contribution in [1.29, 1.82) is 10.8 Å². The van der Waals surface area contributed by atoms with Crippen molar-refractivity contribution in [3.63, 3.8) is 0 Å². The molecule has 8 heteroatoms. The highest BCUT2D eigenvalue weighted by atomic mass is 32.2. The van der Waals surface area contributed by atoms with Crippen LogP contribution in [0.25, 0.3) is 0 Å². The number of amidine groups is 1. The molecular weight excluding hydrogens is 396 g/mol. The zero-order valence-electron chi connectivity index (χ0n) is 18.3. The van der Waals surface area contributed by atoms with Crippen molar-refractivity contribution in [2.75, 3.05) is 32.7 Å². The summed E-state index contributed by atoms with van der Waals surface area (Å²) in [6.07, 6.45) is 10.7. The van der Waals surface area contributed by atoms with Crippen LogP contribution in [0.4, 0.5) is 0 Å². The van der Waals surface area contributed by atoms with Gasteiger partial charge in [-0.2, -0.15) is 0 Å². The fourth-order valence-corrected chi connectivity index (χ4v) is 5.24. The molecule has 30 heavy (non-hydrogen) atoms. The van der Waals surface area contributed by atoms with Crippen LogP contribution in [-0.2, 0) is 4.79 Å². The Morgan fingerprint density at radius 1 is 1.23 bits per heavy atom. The minimum atomic E-state index is -0.414. The summed E-state index contributed by atoms with van der Waals surface area (Å²) in [6.45, 7) is 8.62. The number of carbonyl (C=O) groups excluding carboxylic acids is 1.